The molecule has 2 atom stereocenters. The number of benzene rings is 4. The Bertz CT molecular complexity index is 1570. The van der Waals surface area contributed by atoms with Gasteiger partial charge >= 0.3 is 5.97 Å². The minimum Gasteiger partial charge on any atom is -0.497 e. The van der Waals surface area contributed by atoms with E-state index in [-0.39, 0.29) is 24.3 Å². The molecule has 0 bridgehead atoms. The molecular formula is C34H34F2N2O5. The number of hydrogen-bond acceptors (Lipinski definition) is 7. The Kier molecular flexibility index (Phi) is 10.6. The van der Waals surface area contributed by atoms with Crippen LogP contribution in [0.5, 0.6) is 11.5 Å². The van der Waals surface area contributed by atoms with Gasteiger partial charge in [-0.3, -0.25) is 4.79 Å². The maximum atomic E-state index is 13.8. The molecule has 224 valence electrons. The fraction of sp³-hybridized carbons (Fsp3) is 0.235. The van der Waals surface area contributed by atoms with E-state index in [1.54, 1.807) is 50.4 Å². The molecule has 4 rings (SSSR count). The monoisotopic (exact) mass is 588 g/mol. The summed E-state index contributed by atoms with van der Waals surface area (Å²) in [5.74, 6) is -1.17. The number of ether oxygens (including phenoxy) is 3. The zero-order valence-electron chi connectivity index (χ0n) is 24.2. The molecule has 0 spiro atoms. The largest absolute Gasteiger partial charge is 0.497 e. The van der Waals surface area contributed by atoms with E-state index in [2.05, 4.69) is 5.32 Å². The third-order valence-corrected chi connectivity index (χ3v) is 6.85. The van der Waals surface area contributed by atoms with E-state index in [1.807, 2.05) is 24.3 Å². The molecule has 4 aromatic rings. The number of hydrogen-bond donors (Lipinski definition) is 2. The van der Waals surface area contributed by atoms with Crippen LogP contribution in [0.15, 0.2) is 84.9 Å². The highest BCUT2D eigenvalue weighted by molar-refractivity contribution is 6.10. The van der Waals surface area contributed by atoms with Crippen LogP contribution in [0.25, 0.3) is 0 Å². The fourth-order valence-corrected chi connectivity index (χ4v) is 4.72. The van der Waals surface area contributed by atoms with E-state index in [1.165, 1.54) is 25.3 Å². The lowest BCUT2D eigenvalue weighted by Crippen LogP contribution is -2.46. The molecule has 0 aliphatic heterocycles. The van der Waals surface area contributed by atoms with Crippen LogP contribution in [0.3, 0.4) is 0 Å². The number of rotatable bonds is 13. The first-order valence-electron chi connectivity index (χ1n) is 13.7. The second-order valence-corrected chi connectivity index (χ2v) is 10.2. The molecule has 4 aromatic carbocycles. The molecule has 0 saturated heterocycles. The zero-order valence-corrected chi connectivity index (χ0v) is 24.2. The van der Waals surface area contributed by atoms with Gasteiger partial charge in [-0.05, 0) is 84.6 Å². The first-order valence-corrected chi connectivity index (χ1v) is 13.7. The molecule has 0 aliphatic rings. The molecule has 3 N–H and O–H groups in total. The van der Waals surface area contributed by atoms with Gasteiger partial charge in [-0.1, -0.05) is 24.3 Å². The molecule has 0 aliphatic carbocycles. The van der Waals surface area contributed by atoms with Crippen molar-refractivity contribution in [3.8, 4) is 11.5 Å². The van der Waals surface area contributed by atoms with Gasteiger partial charge in [0.15, 0.2) is 5.78 Å². The predicted octanol–water partition coefficient (Wildman–Crippen LogP) is 5.41. The number of ketones is 1. The van der Waals surface area contributed by atoms with Crippen molar-refractivity contribution in [2.45, 2.75) is 32.0 Å². The smallest absolute Gasteiger partial charge is 0.338 e. The van der Waals surface area contributed by atoms with Crippen molar-refractivity contribution in [1.82, 2.24) is 5.32 Å². The average Bonchev–Trinajstić information content (AvgIpc) is 2.99. The van der Waals surface area contributed by atoms with Crippen molar-refractivity contribution in [3.63, 3.8) is 0 Å². The van der Waals surface area contributed by atoms with E-state index in [0.29, 0.717) is 40.3 Å². The summed E-state index contributed by atoms with van der Waals surface area (Å²) in [6.07, 6.45) is -0.816. The number of esters is 1. The summed E-state index contributed by atoms with van der Waals surface area (Å²) >= 11 is 0. The third-order valence-electron chi connectivity index (χ3n) is 6.85. The Balaban J connectivity index is 1.54. The SMILES string of the molecule is COc1cccc(CNC[C@@H](OC(=O)c2cc(C)cc(C(=O)c3cccc(OC)c3)c2)[C@@H](N)Cc2cc(F)cc(F)c2)c1. The quantitative estimate of drug-likeness (QED) is 0.159. The molecule has 7 nitrogen and oxygen atoms in total. The second-order valence-electron chi connectivity index (χ2n) is 10.2. The first kappa shape index (κ1) is 31.3. The molecule has 0 heterocycles. The molecule has 0 saturated carbocycles. The van der Waals surface area contributed by atoms with Gasteiger partial charge in [-0.25, -0.2) is 13.6 Å². The van der Waals surface area contributed by atoms with Gasteiger partial charge in [-0.2, -0.15) is 0 Å². The van der Waals surface area contributed by atoms with Crippen LogP contribution in [0, 0.1) is 18.6 Å². The zero-order chi connectivity index (χ0) is 30.9. The van der Waals surface area contributed by atoms with Crippen LogP contribution in [-0.2, 0) is 17.7 Å². The summed E-state index contributed by atoms with van der Waals surface area (Å²) in [5.41, 5.74) is 9.32. The van der Waals surface area contributed by atoms with Gasteiger partial charge in [-0.15, -0.1) is 0 Å². The molecule has 0 radical (unpaired) electrons. The van der Waals surface area contributed by atoms with Crippen molar-refractivity contribution in [1.29, 1.82) is 0 Å². The summed E-state index contributed by atoms with van der Waals surface area (Å²) in [5, 5.41) is 3.25. The summed E-state index contributed by atoms with van der Waals surface area (Å²) in [6.45, 7) is 2.36. The van der Waals surface area contributed by atoms with Gasteiger partial charge in [0, 0.05) is 36.3 Å². The Labute approximate surface area is 249 Å². The Morgan fingerprint density at radius 2 is 1.44 bits per heavy atom. The number of carbonyl (C=O) groups is 2. The third kappa shape index (κ3) is 8.70. The predicted molar refractivity (Wildman–Crippen MR) is 160 cm³/mol. The van der Waals surface area contributed by atoms with Gasteiger partial charge in [0.1, 0.15) is 29.2 Å². The van der Waals surface area contributed by atoms with Crippen molar-refractivity contribution >= 4 is 11.8 Å². The number of aryl methyl sites for hydroxylation is 1. The number of methoxy groups -OCH3 is 2. The van der Waals surface area contributed by atoms with Crippen LogP contribution in [0.2, 0.25) is 0 Å². The molecule has 9 heteroatoms. The molecular weight excluding hydrogens is 554 g/mol. The lowest BCUT2D eigenvalue weighted by atomic mass is 9.98. The maximum Gasteiger partial charge on any atom is 0.338 e. The molecule has 0 fully saturated rings. The van der Waals surface area contributed by atoms with Crippen LogP contribution in [0.1, 0.15) is 43.0 Å². The van der Waals surface area contributed by atoms with E-state index < -0.39 is 29.7 Å². The van der Waals surface area contributed by atoms with Gasteiger partial charge in [0.2, 0.25) is 0 Å². The summed E-state index contributed by atoms with van der Waals surface area (Å²) in [6, 6.07) is 21.4. The van der Waals surface area contributed by atoms with Gasteiger partial charge < -0.3 is 25.3 Å². The molecule has 43 heavy (non-hydrogen) atoms. The fourth-order valence-electron chi connectivity index (χ4n) is 4.72. The van der Waals surface area contributed by atoms with Crippen molar-refractivity contribution in [3.05, 3.63) is 130 Å². The molecule has 0 unspecified atom stereocenters. The lowest BCUT2D eigenvalue weighted by molar-refractivity contribution is 0.0238. The average molecular weight is 589 g/mol. The number of nitrogens with two attached hydrogens (primary N) is 1. The highest BCUT2D eigenvalue weighted by Crippen LogP contribution is 2.20. The number of nitrogens with one attached hydrogen (secondary N) is 1. The Hall–Kier alpha value is -4.60. The normalized spacial score (nSPS) is 12.3. The van der Waals surface area contributed by atoms with E-state index in [0.717, 1.165) is 11.6 Å². The summed E-state index contributed by atoms with van der Waals surface area (Å²) < 4.78 is 44.1. The van der Waals surface area contributed by atoms with Crippen molar-refractivity contribution < 1.29 is 32.6 Å². The van der Waals surface area contributed by atoms with Crippen LogP contribution < -0.4 is 20.5 Å². The minimum atomic E-state index is -0.873. The summed E-state index contributed by atoms with van der Waals surface area (Å²) in [7, 11) is 3.10. The maximum absolute atomic E-state index is 13.8. The van der Waals surface area contributed by atoms with E-state index in [9.17, 15) is 18.4 Å². The lowest BCUT2D eigenvalue weighted by Gasteiger charge is -2.25. The van der Waals surface area contributed by atoms with E-state index in [4.69, 9.17) is 19.9 Å². The van der Waals surface area contributed by atoms with E-state index >= 15 is 0 Å². The van der Waals surface area contributed by atoms with Crippen molar-refractivity contribution in [2.24, 2.45) is 5.73 Å². The highest BCUT2D eigenvalue weighted by Gasteiger charge is 2.25. The van der Waals surface area contributed by atoms with Crippen LogP contribution >= 0.6 is 0 Å². The Morgan fingerprint density at radius 1 is 0.791 bits per heavy atom. The minimum absolute atomic E-state index is 0.0564. The van der Waals surface area contributed by atoms with Crippen molar-refractivity contribution in [2.75, 3.05) is 20.8 Å². The highest BCUT2D eigenvalue weighted by atomic mass is 19.1. The van der Waals surface area contributed by atoms with Gasteiger partial charge in [0.25, 0.3) is 0 Å². The van der Waals surface area contributed by atoms with Gasteiger partial charge in [0.05, 0.1) is 19.8 Å². The Morgan fingerprint density at radius 3 is 2.14 bits per heavy atom. The van der Waals surface area contributed by atoms with Crippen LogP contribution in [-0.4, -0.2) is 44.7 Å². The standard InChI is InChI=1S/C34H34F2N2O5/c1-21-10-25(33(39)24-7-5-9-30(17-24)42-3)16-26(11-21)34(40)43-32(20-38-19-22-6-4-8-29(14-22)41-2)31(37)15-23-12-27(35)18-28(36)13-23/h4-14,16-18,31-32,38H,15,19-20,37H2,1-3H3/t31-,32+/m0/s1. The second kappa shape index (κ2) is 14.5. The first-order chi connectivity index (χ1) is 20.6. The topological polar surface area (TPSA) is 99.9 Å². The van der Waals surface area contributed by atoms with Crippen LogP contribution in [0.4, 0.5) is 8.78 Å². The summed E-state index contributed by atoms with van der Waals surface area (Å²) in [4.78, 5) is 26.7. The molecule has 0 aromatic heterocycles. The number of halogens is 2. The number of carbonyl (C=O) groups excluding carboxylic acids is 2. The molecule has 0 amide bonds.